The van der Waals surface area contributed by atoms with Crippen LogP contribution in [0.3, 0.4) is 0 Å². The SMILES string of the molecule is Cl.Cn1cccc1C(=O)N1CCC(N2CCNCC2)C1. The maximum absolute atomic E-state index is 12.4. The second-order valence-electron chi connectivity index (χ2n) is 5.48. The van der Waals surface area contributed by atoms with Crippen molar-refractivity contribution in [2.24, 2.45) is 7.05 Å². The van der Waals surface area contributed by atoms with Gasteiger partial charge in [0, 0.05) is 58.6 Å². The molecule has 0 saturated carbocycles. The van der Waals surface area contributed by atoms with Crippen LogP contribution in [0.2, 0.25) is 0 Å². The Morgan fingerprint density at radius 2 is 2.05 bits per heavy atom. The number of piperazine rings is 1. The number of likely N-dealkylation sites (tertiary alicyclic amines) is 1. The molecule has 5 nitrogen and oxygen atoms in total. The third-order valence-electron chi connectivity index (χ3n) is 4.28. The lowest BCUT2D eigenvalue weighted by atomic mass is 10.2. The molecule has 3 heterocycles. The van der Waals surface area contributed by atoms with Gasteiger partial charge < -0.3 is 14.8 Å². The first kappa shape index (κ1) is 15.4. The molecule has 20 heavy (non-hydrogen) atoms. The van der Waals surface area contributed by atoms with E-state index in [0.29, 0.717) is 6.04 Å². The average molecular weight is 299 g/mol. The first-order chi connectivity index (χ1) is 9.25. The van der Waals surface area contributed by atoms with Gasteiger partial charge in [-0.2, -0.15) is 0 Å². The fourth-order valence-electron chi connectivity index (χ4n) is 3.12. The molecule has 2 aliphatic rings. The van der Waals surface area contributed by atoms with E-state index in [9.17, 15) is 4.79 Å². The number of halogens is 1. The molecule has 0 aromatic carbocycles. The van der Waals surface area contributed by atoms with Crippen molar-refractivity contribution in [2.75, 3.05) is 39.3 Å². The summed E-state index contributed by atoms with van der Waals surface area (Å²) in [5.41, 5.74) is 0.793. The Morgan fingerprint density at radius 3 is 2.70 bits per heavy atom. The van der Waals surface area contributed by atoms with Crippen molar-refractivity contribution in [2.45, 2.75) is 12.5 Å². The third-order valence-corrected chi connectivity index (χ3v) is 4.28. The minimum atomic E-state index is 0. The quantitative estimate of drug-likeness (QED) is 0.868. The van der Waals surface area contributed by atoms with Crippen LogP contribution in [0.1, 0.15) is 16.9 Å². The summed E-state index contributed by atoms with van der Waals surface area (Å²) in [6.07, 6.45) is 3.03. The van der Waals surface area contributed by atoms with Crippen molar-refractivity contribution < 1.29 is 4.79 Å². The monoisotopic (exact) mass is 298 g/mol. The molecule has 112 valence electrons. The predicted octanol–water partition coefficient (Wildman–Crippen LogP) is 0.567. The van der Waals surface area contributed by atoms with Gasteiger partial charge in [0.15, 0.2) is 0 Å². The number of hydrogen-bond acceptors (Lipinski definition) is 3. The summed E-state index contributed by atoms with van der Waals surface area (Å²) in [7, 11) is 1.93. The maximum atomic E-state index is 12.4. The van der Waals surface area contributed by atoms with Crippen LogP contribution >= 0.6 is 12.4 Å². The molecule has 6 heteroatoms. The van der Waals surface area contributed by atoms with E-state index in [-0.39, 0.29) is 18.3 Å². The number of amides is 1. The number of rotatable bonds is 2. The molecule has 1 aromatic rings. The number of hydrogen-bond donors (Lipinski definition) is 1. The molecule has 0 bridgehead atoms. The number of aryl methyl sites for hydroxylation is 1. The maximum Gasteiger partial charge on any atom is 0.270 e. The first-order valence-electron chi connectivity index (χ1n) is 7.11. The van der Waals surface area contributed by atoms with E-state index in [4.69, 9.17) is 0 Å². The minimum absolute atomic E-state index is 0. The number of carbonyl (C=O) groups is 1. The second kappa shape index (κ2) is 6.61. The second-order valence-corrected chi connectivity index (χ2v) is 5.48. The standard InChI is InChI=1S/C14H22N4O.ClH/c1-16-7-2-3-13(16)14(19)18-8-4-12(11-18)17-9-5-15-6-10-17;/h2-3,7,12,15H,4-6,8-11H2,1H3;1H. The van der Waals surface area contributed by atoms with Crippen molar-refractivity contribution in [1.82, 2.24) is 19.7 Å². The summed E-state index contributed by atoms with van der Waals surface area (Å²) in [5.74, 6) is 0.171. The molecule has 1 N–H and O–H groups in total. The highest BCUT2D eigenvalue weighted by atomic mass is 35.5. The van der Waals surface area contributed by atoms with Crippen LogP contribution in [0.25, 0.3) is 0 Å². The van der Waals surface area contributed by atoms with Gasteiger partial charge in [-0.05, 0) is 18.6 Å². The van der Waals surface area contributed by atoms with E-state index < -0.39 is 0 Å². The molecular weight excluding hydrogens is 276 g/mol. The molecule has 0 aliphatic carbocycles. The summed E-state index contributed by atoms with van der Waals surface area (Å²) in [5, 5.41) is 3.38. The lowest BCUT2D eigenvalue weighted by Crippen LogP contribution is -2.49. The van der Waals surface area contributed by atoms with Crippen LogP contribution in [0.4, 0.5) is 0 Å². The van der Waals surface area contributed by atoms with Crippen LogP contribution in [-0.4, -0.2) is 65.6 Å². The summed E-state index contributed by atoms with van der Waals surface area (Å²) >= 11 is 0. The van der Waals surface area contributed by atoms with Crippen LogP contribution in [0.5, 0.6) is 0 Å². The smallest absolute Gasteiger partial charge is 0.270 e. The van der Waals surface area contributed by atoms with E-state index >= 15 is 0 Å². The molecule has 1 amide bonds. The number of nitrogens with one attached hydrogen (secondary N) is 1. The summed E-state index contributed by atoms with van der Waals surface area (Å²) in [6.45, 7) is 6.13. The van der Waals surface area contributed by atoms with Gasteiger partial charge in [0.25, 0.3) is 5.91 Å². The molecule has 1 atom stereocenters. The summed E-state index contributed by atoms with van der Waals surface area (Å²) < 4.78 is 1.90. The van der Waals surface area contributed by atoms with Gasteiger partial charge in [0.2, 0.25) is 0 Å². The zero-order chi connectivity index (χ0) is 13.2. The fourth-order valence-corrected chi connectivity index (χ4v) is 3.12. The van der Waals surface area contributed by atoms with Crippen LogP contribution in [0, 0.1) is 0 Å². The molecule has 2 saturated heterocycles. The van der Waals surface area contributed by atoms with E-state index in [1.54, 1.807) is 0 Å². The van der Waals surface area contributed by atoms with Crippen molar-refractivity contribution in [3.63, 3.8) is 0 Å². The van der Waals surface area contributed by atoms with Crippen molar-refractivity contribution in [3.05, 3.63) is 24.0 Å². The predicted molar refractivity (Wildman–Crippen MR) is 81.4 cm³/mol. The lowest BCUT2D eigenvalue weighted by molar-refractivity contribution is 0.0764. The molecule has 2 aliphatic heterocycles. The van der Waals surface area contributed by atoms with Crippen LogP contribution in [-0.2, 0) is 7.05 Å². The average Bonchev–Trinajstić information content (AvgIpc) is 3.08. The Hall–Kier alpha value is -1.04. The van der Waals surface area contributed by atoms with E-state index in [1.807, 2.05) is 34.8 Å². The summed E-state index contributed by atoms with van der Waals surface area (Å²) in [6, 6.07) is 4.38. The van der Waals surface area contributed by atoms with Gasteiger partial charge in [0.1, 0.15) is 5.69 Å². The molecule has 3 rings (SSSR count). The van der Waals surface area contributed by atoms with Crippen LogP contribution in [0.15, 0.2) is 18.3 Å². The molecule has 1 unspecified atom stereocenters. The molecule has 0 spiro atoms. The zero-order valence-electron chi connectivity index (χ0n) is 11.9. The highest BCUT2D eigenvalue weighted by molar-refractivity contribution is 5.93. The molecule has 1 aromatic heterocycles. The molecule has 2 fully saturated rings. The molecular formula is C14H23ClN4O. The number of carbonyl (C=O) groups excluding carboxylic acids is 1. The van der Waals surface area contributed by atoms with E-state index in [2.05, 4.69) is 10.2 Å². The Labute approximate surface area is 126 Å². The lowest BCUT2D eigenvalue weighted by Gasteiger charge is -2.32. The number of aromatic nitrogens is 1. The van der Waals surface area contributed by atoms with Gasteiger partial charge in [0.05, 0.1) is 0 Å². The first-order valence-corrected chi connectivity index (χ1v) is 7.11. The van der Waals surface area contributed by atoms with Crippen molar-refractivity contribution >= 4 is 18.3 Å². The van der Waals surface area contributed by atoms with Gasteiger partial charge in [-0.1, -0.05) is 0 Å². The normalized spacial score (nSPS) is 23.6. The van der Waals surface area contributed by atoms with Crippen LogP contribution < -0.4 is 5.32 Å². The van der Waals surface area contributed by atoms with E-state index in [0.717, 1.165) is 51.4 Å². The van der Waals surface area contributed by atoms with Gasteiger partial charge in [-0.15, -0.1) is 12.4 Å². The Kier molecular flexibility index (Phi) is 5.07. The topological polar surface area (TPSA) is 40.5 Å². The summed E-state index contributed by atoms with van der Waals surface area (Å²) in [4.78, 5) is 17.0. The third kappa shape index (κ3) is 3.00. The Bertz CT molecular complexity index is 456. The van der Waals surface area contributed by atoms with Gasteiger partial charge >= 0.3 is 0 Å². The zero-order valence-corrected chi connectivity index (χ0v) is 12.7. The van der Waals surface area contributed by atoms with Crippen molar-refractivity contribution in [3.8, 4) is 0 Å². The van der Waals surface area contributed by atoms with E-state index in [1.165, 1.54) is 0 Å². The minimum Gasteiger partial charge on any atom is -0.347 e. The molecule has 0 radical (unpaired) electrons. The Morgan fingerprint density at radius 1 is 1.30 bits per heavy atom. The highest BCUT2D eigenvalue weighted by Gasteiger charge is 2.31. The number of nitrogens with zero attached hydrogens (tertiary/aromatic N) is 3. The fraction of sp³-hybridized carbons (Fsp3) is 0.643. The van der Waals surface area contributed by atoms with Gasteiger partial charge in [-0.25, -0.2) is 0 Å². The van der Waals surface area contributed by atoms with Crippen molar-refractivity contribution in [1.29, 1.82) is 0 Å². The largest absolute Gasteiger partial charge is 0.347 e. The Balaban J connectivity index is 0.00000147. The van der Waals surface area contributed by atoms with Gasteiger partial charge in [-0.3, -0.25) is 9.69 Å². The highest BCUT2D eigenvalue weighted by Crippen LogP contribution is 2.18.